The minimum atomic E-state index is -0.778. The second-order valence-electron chi connectivity index (χ2n) is 3.77. The summed E-state index contributed by atoms with van der Waals surface area (Å²) in [7, 11) is 1.25. The third-order valence-electron chi connectivity index (χ3n) is 2.47. The van der Waals surface area contributed by atoms with E-state index in [1.807, 2.05) is 30.3 Å². The molecule has 2 atom stereocenters. The fourth-order valence-corrected chi connectivity index (χ4v) is 1.47. The van der Waals surface area contributed by atoms with Gasteiger partial charge in [0.2, 0.25) is 0 Å². The molecule has 0 heterocycles. The van der Waals surface area contributed by atoms with E-state index in [1.54, 1.807) is 6.08 Å². The number of ether oxygens (including phenoxy) is 3. The van der Waals surface area contributed by atoms with Crippen LogP contribution in [-0.2, 0) is 20.8 Å². The van der Waals surface area contributed by atoms with Gasteiger partial charge in [-0.1, -0.05) is 43.0 Å². The van der Waals surface area contributed by atoms with Gasteiger partial charge in [-0.05, 0) is 11.6 Å². The molecule has 0 aromatic heterocycles. The first-order valence-electron chi connectivity index (χ1n) is 5.86. The first-order valence-corrected chi connectivity index (χ1v) is 5.86. The minimum absolute atomic E-state index is 0.395. The Morgan fingerprint density at radius 1 is 1.21 bits per heavy atom. The summed E-state index contributed by atoms with van der Waals surface area (Å²) in [5.74, 6) is 0. The van der Waals surface area contributed by atoms with Crippen molar-refractivity contribution >= 4 is 6.16 Å². The number of carbonyl (C=O) groups is 1. The summed E-state index contributed by atoms with van der Waals surface area (Å²) in [5, 5.41) is 0. The van der Waals surface area contributed by atoms with Crippen molar-refractivity contribution in [2.24, 2.45) is 0 Å². The summed E-state index contributed by atoms with van der Waals surface area (Å²) in [5.41, 5.74) is 1.02. The van der Waals surface area contributed by atoms with Gasteiger partial charge in [-0.25, -0.2) is 4.79 Å². The van der Waals surface area contributed by atoms with Crippen LogP contribution in [0.4, 0.5) is 4.79 Å². The standard InChI is InChI=1S/C15H18O4/c1-4-13(14(5-2)19-15(16)17-3)18-11-12-9-7-6-8-10-12/h4-10,13-14H,1-2,11H2,3H3/t13-,14-/m1/s1. The molecule has 1 aromatic carbocycles. The van der Waals surface area contributed by atoms with Gasteiger partial charge in [0.1, 0.15) is 6.10 Å². The molecule has 1 rings (SSSR count). The van der Waals surface area contributed by atoms with E-state index in [2.05, 4.69) is 17.9 Å². The van der Waals surface area contributed by atoms with Crippen molar-refractivity contribution in [3.8, 4) is 0 Å². The van der Waals surface area contributed by atoms with Crippen LogP contribution in [0.5, 0.6) is 0 Å². The Kier molecular flexibility index (Phi) is 6.39. The van der Waals surface area contributed by atoms with Crippen LogP contribution in [0, 0.1) is 0 Å². The van der Waals surface area contributed by atoms with Crippen molar-refractivity contribution in [3.63, 3.8) is 0 Å². The monoisotopic (exact) mass is 262 g/mol. The predicted octanol–water partition coefficient (Wildman–Crippen LogP) is 3.10. The molecule has 0 aliphatic heterocycles. The van der Waals surface area contributed by atoms with Gasteiger partial charge >= 0.3 is 6.16 Å². The van der Waals surface area contributed by atoms with Gasteiger partial charge < -0.3 is 14.2 Å². The van der Waals surface area contributed by atoms with Gasteiger partial charge in [-0.2, -0.15) is 0 Å². The van der Waals surface area contributed by atoms with Crippen LogP contribution in [0.15, 0.2) is 55.6 Å². The first-order chi connectivity index (χ1) is 9.21. The SMILES string of the molecule is C=C[C@@H](OCc1ccccc1)[C@@H](C=C)OC(=O)OC. The zero-order valence-electron chi connectivity index (χ0n) is 11.0. The van der Waals surface area contributed by atoms with Crippen molar-refractivity contribution in [2.45, 2.75) is 18.8 Å². The molecular weight excluding hydrogens is 244 g/mol. The average Bonchev–Trinajstić information content (AvgIpc) is 2.47. The highest BCUT2D eigenvalue weighted by Crippen LogP contribution is 2.11. The summed E-state index contributed by atoms with van der Waals surface area (Å²) in [6, 6.07) is 9.69. The first kappa shape index (κ1) is 15.0. The molecular formula is C15H18O4. The van der Waals surface area contributed by atoms with Crippen LogP contribution < -0.4 is 0 Å². The Balaban J connectivity index is 2.58. The molecule has 4 heteroatoms. The highest BCUT2D eigenvalue weighted by Gasteiger charge is 2.21. The Morgan fingerprint density at radius 3 is 2.37 bits per heavy atom. The molecule has 0 bridgehead atoms. The summed E-state index contributed by atoms with van der Waals surface area (Å²) in [6.45, 7) is 7.68. The van der Waals surface area contributed by atoms with Crippen LogP contribution in [0.25, 0.3) is 0 Å². The smallest absolute Gasteiger partial charge is 0.438 e. The van der Waals surface area contributed by atoms with Gasteiger partial charge in [0.15, 0.2) is 6.10 Å². The molecule has 19 heavy (non-hydrogen) atoms. The van der Waals surface area contributed by atoms with Crippen LogP contribution in [0.1, 0.15) is 5.56 Å². The highest BCUT2D eigenvalue weighted by molar-refractivity contribution is 5.60. The molecule has 0 amide bonds. The number of carbonyl (C=O) groups excluding carboxylic acids is 1. The van der Waals surface area contributed by atoms with Crippen LogP contribution in [-0.4, -0.2) is 25.5 Å². The van der Waals surface area contributed by atoms with Crippen molar-refractivity contribution in [2.75, 3.05) is 7.11 Å². The van der Waals surface area contributed by atoms with Gasteiger partial charge in [0, 0.05) is 0 Å². The third kappa shape index (κ3) is 4.97. The molecule has 0 unspecified atom stereocenters. The molecule has 0 spiro atoms. The molecule has 0 aliphatic rings. The Bertz CT molecular complexity index is 413. The fourth-order valence-electron chi connectivity index (χ4n) is 1.47. The van der Waals surface area contributed by atoms with E-state index in [-0.39, 0.29) is 0 Å². The summed E-state index contributed by atoms with van der Waals surface area (Å²) in [6.07, 6.45) is 1.16. The van der Waals surface area contributed by atoms with Gasteiger partial charge in [0.05, 0.1) is 13.7 Å². The van der Waals surface area contributed by atoms with Gasteiger partial charge in [0.25, 0.3) is 0 Å². The quantitative estimate of drug-likeness (QED) is 0.559. The fraction of sp³-hybridized carbons (Fsp3) is 0.267. The van der Waals surface area contributed by atoms with Crippen molar-refractivity contribution in [1.82, 2.24) is 0 Å². The molecule has 1 aromatic rings. The van der Waals surface area contributed by atoms with Crippen molar-refractivity contribution in [1.29, 1.82) is 0 Å². The molecule has 0 radical (unpaired) electrons. The molecule has 0 N–H and O–H groups in total. The van der Waals surface area contributed by atoms with Gasteiger partial charge in [-0.15, -0.1) is 6.58 Å². The number of benzene rings is 1. The van der Waals surface area contributed by atoms with Crippen LogP contribution in [0.2, 0.25) is 0 Å². The summed E-state index contributed by atoms with van der Waals surface area (Å²) >= 11 is 0. The zero-order valence-corrected chi connectivity index (χ0v) is 11.0. The molecule has 4 nitrogen and oxygen atoms in total. The van der Waals surface area contributed by atoms with Gasteiger partial charge in [-0.3, -0.25) is 0 Å². The average molecular weight is 262 g/mol. The Hall–Kier alpha value is -2.07. The molecule has 0 fully saturated rings. The lowest BCUT2D eigenvalue weighted by Gasteiger charge is -2.21. The molecule has 0 saturated carbocycles. The summed E-state index contributed by atoms with van der Waals surface area (Å²) < 4.78 is 15.1. The maximum atomic E-state index is 11.1. The van der Waals surface area contributed by atoms with E-state index >= 15 is 0 Å². The summed E-state index contributed by atoms with van der Waals surface area (Å²) in [4.78, 5) is 11.1. The van der Waals surface area contributed by atoms with E-state index in [0.717, 1.165) is 5.56 Å². The lowest BCUT2D eigenvalue weighted by Crippen LogP contribution is -2.30. The van der Waals surface area contributed by atoms with Crippen molar-refractivity contribution < 1.29 is 19.0 Å². The van der Waals surface area contributed by atoms with Crippen LogP contribution in [0.3, 0.4) is 0 Å². The number of hydrogen-bond donors (Lipinski definition) is 0. The maximum absolute atomic E-state index is 11.1. The normalized spacial score (nSPS) is 13.1. The molecule has 0 saturated heterocycles. The number of rotatable bonds is 7. The molecule has 102 valence electrons. The van der Waals surface area contributed by atoms with Crippen LogP contribution >= 0.6 is 0 Å². The topological polar surface area (TPSA) is 44.8 Å². The predicted molar refractivity (Wildman–Crippen MR) is 72.7 cm³/mol. The number of methoxy groups -OCH3 is 1. The Morgan fingerprint density at radius 2 is 1.84 bits per heavy atom. The Labute approximate surface area is 113 Å². The largest absolute Gasteiger partial charge is 0.508 e. The highest BCUT2D eigenvalue weighted by atomic mass is 16.7. The van der Waals surface area contributed by atoms with E-state index < -0.39 is 18.4 Å². The third-order valence-corrected chi connectivity index (χ3v) is 2.47. The second-order valence-corrected chi connectivity index (χ2v) is 3.77. The lowest BCUT2D eigenvalue weighted by atomic mass is 10.2. The minimum Gasteiger partial charge on any atom is -0.438 e. The van der Waals surface area contributed by atoms with E-state index in [0.29, 0.717) is 6.61 Å². The number of hydrogen-bond acceptors (Lipinski definition) is 4. The van der Waals surface area contributed by atoms with Crippen molar-refractivity contribution in [3.05, 3.63) is 61.2 Å². The lowest BCUT2D eigenvalue weighted by molar-refractivity contribution is -0.0265. The zero-order chi connectivity index (χ0) is 14.1. The van der Waals surface area contributed by atoms with E-state index in [4.69, 9.17) is 9.47 Å². The molecule has 0 aliphatic carbocycles. The second kappa shape index (κ2) is 8.11. The maximum Gasteiger partial charge on any atom is 0.508 e. The van der Waals surface area contributed by atoms with E-state index in [1.165, 1.54) is 13.2 Å². The van der Waals surface area contributed by atoms with E-state index in [9.17, 15) is 4.79 Å².